The number of benzene rings is 1. The SMILES string of the molecule is CCc1cc(C)c(/C=C2\C(=O)N(C)c3ccccc32)[nH]1. The lowest BCUT2D eigenvalue weighted by Crippen LogP contribution is -2.20. The van der Waals surface area contributed by atoms with Gasteiger partial charge < -0.3 is 9.88 Å². The van der Waals surface area contributed by atoms with E-state index in [1.807, 2.05) is 37.4 Å². The van der Waals surface area contributed by atoms with Crippen molar-refractivity contribution in [2.24, 2.45) is 0 Å². The molecule has 1 aromatic carbocycles. The van der Waals surface area contributed by atoms with Crippen molar-refractivity contribution in [3.63, 3.8) is 0 Å². The Morgan fingerprint density at radius 2 is 2.05 bits per heavy atom. The standard InChI is InChI=1S/C17H18N2O/c1-4-12-9-11(2)15(18-12)10-14-13-7-5-6-8-16(13)19(3)17(14)20/h5-10,18H,4H2,1-3H3/b14-10-. The summed E-state index contributed by atoms with van der Waals surface area (Å²) >= 11 is 0. The van der Waals surface area contributed by atoms with Crippen LogP contribution in [-0.2, 0) is 11.2 Å². The van der Waals surface area contributed by atoms with Crippen molar-refractivity contribution >= 4 is 23.2 Å². The van der Waals surface area contributed by atoms with Gasteiger partial charge in [0.2, 0.25) is 0 Å². The van der Waals surface area contributed by atoms with E-state index in [0.717, 1.165) is 28.9 Å². The Morgan fingerprint density at radius 3 is 2.75 bits per heavy atom. The Morgan fingerprint density at radius 1 is 1.30 bits per heavy atom. The number of aromatic nitrogens is 1. The van der Waals surface area contributed by atoms with Crippen LogP contribution in [0.25, 0.3) is 11.6 Å². The van der Waals surface area contributed by atoms with Gasteiger partial charge in [0.15, 0.2) is 0 Å². The lowest BCUT2D eigenvalue weighted by Gasteiger charge is -2.07. The predicted molar refractivity (Wildman–Crippen MR) is 82.6 cm³/mol. The molecule has 2 aromatic rings. The molecule has 0 spiro atoms. The van der Waals surface area contributed by atoms with E-state index >= 15 is 0 Å². The van der Waals surface area contributed by atoms with E-state index in [1.165, 1.54) is 11.3 Å². The van der Waals surface area contributed by atoms with Crippen molar-refractivity contribution in [1.29, 1.82) is 0 Å². The minimum Gasteiger partial charge on any atom is -0.359 e. The zero-order valence-electron chi connectivity index (χ0n) is 12.0. The van der Waals surface area contributed by atoms with Crippen molar-refractivity contribution in [2.75, 3.05) is 11.9 Å². The van der Waals surface area contributed by atoms with Gasteiger partial charge in [-0.05, 0) is 37.1 Å². The molecule has 1 aliphatic heterocycles. The highest BCUT2D eigenvalue weighted by atomic mass is 16.2. The highest BCUT2D eigenvalue weighted by Gasteiger charge is 2.29. The second kappa shape index (κ2) is 4.67. The summed E-state index contributed by atoms with van der Waals surface area (Å²) in [6.07, 6.45) is 2.94. The van der Waals surface area contributed by atoms with Crippen LogP contribution in [0.2, 0.25) is 0 Å². The summed E-state index contributed by atoms with van der Waals surface area (Å²) in [6.45, 7) is 4.18. The van der Waals surface area contributed by atoms with E-state index in [-0.39, 0.29) is 5.91 Å². The first kappa shape index (κ1) is 12.7. The Hall–Kier alpha value is -2.29. The lowest BCUT2D eigenvalue weighted by atomic mass is 10.1. The fourth-order valence-electron chi connectivity index (χ4n) is 2.67. The first-order chi connectivity index (χ1) is 9.61. The van der Waals surface area contributed by atoms with E-state index in [4.69, 9.17) is 0 Å². The smallest absolute Gasteiger partial charge is 0.258 e. The van der Waals surface area contributed by atoms with Gasteiger partial charge in [-0.25, -0.2) is 0 Å². The third-order valence-electron chi connectivity index (χ3n) is 3.87. The van der Waals surface area contributed by atoms with Gasteiger partial charge in [-0.2, -0.15) is 0 Å². The third-order valence-corrected chi connectivity index (χ3v) is 3.87. The number of anilines is 1. The number of hydrogen-bond donors (Lipinski definition) is 1. The summed E-state index contributed by atoms with van der Waals surface area (Å²) in [4.78, 5) is 17.5. The number of fused-ring (bicyclic) bond motifs is 1. The fraction of sp³-hybridized carbons (Fsp3) is 0.235. The third kappa shape index (κ3) is 1.86. The van der Waals surface area contributed by atoms with Crippen LogP contribution in [-0.4, -0.2) is 17.9 Å². The highest BCUT2D eigenvalue weighted by Crippen LogP contribution is 2.36. The Bertz CT molecular complexity index is 710. The number of hydrogen-bond acceptors (Lipinski definition) is 1. The second-order valence-electron chi connectivity index (χ2n) is 5.18. The quantitative estimate of drug-likeness (QED) is 0.831. The number of H-pyrrole nitrogens is 1. The maximum absolute atomic E-state index is 12.4. The summed E-state index contributed by atoms with van der Waals surface area (Å²) < 4.78 is 0. The Balaban J connectivity index is 2.12. The molecule has 3 heteroatoms. The highest BCUT2D eigenvalue weighted by molar-refractivity contribution is 6.35. The first-order valence-electron chi connectivity index (χ1n) is 6.89. The number of nitrogens with zero attached hydrogens (tertiary/aromatic N) is 1. The van der Waals surface area contributed by atoms with Crippen LogP contribution in [0.15, 0.2) is 30.3 Å². The molecule has 3 rings (SSSR count). The van der Waals surface area contributed by atoms with Gasteiger partial charge in [0.05, 0.1) is 11.3 Å². The first-order valence-corrected chi connectivity index (χ1v) is 6.89. The van der Waals surface area contributed by atoms with Crippen LogP contribution in [0.4, 0.5) is 5.69 Å². The molecule has 0 radical (unpaired) electrons. The van der Waals surface area contributed by atoms with Crippen molar-refractivity contribution in [1.82, 2.24) is 4.98 Å². The largest absolute Gasteiger partial charge is 0.359 e. The Labute approximate surface area is 118 Å². The zero-order chi connectivity index (χ0) is 14.3. The molecule has 0 saturated heterocycles. The molecule has 0 unspecified atom stereocenters. The van der Waals surface area contributed by atoms with Crippen molar-refractivity contribution in [3.05, 3.63) is 52.8 Å². The number of rotatable bonds is 2. The maximum atomic E-state index is 12.4. The van der Waals surface area contributed by atoms with Crippen molar-refractivity contribution in [2.45, 2.75) is 20.3 Å². The van der Waals surface area contributed by atoms with Crippen LogP contribution in [0.1, 0.15) is 29.4 Å². The van der Waals surface area contributed by atoms with Crippen LogP contribution < -0.4 is 4.90 Å². The summed E-state index contributed by atoms with van der Waals surface area (Å²) in [6, 6.07) is 10.1. The molecule has 1 amide bonds. The molecule has 1 N–H and O–H groups in total. The van der Waals surface area contributed by atoms with Gasteiger partial charge in [0, 0.05) is 24.0 Å². The summed E-state index contributed by atoms with van der Waals surface area (Å²) in [5, 5.41) is 0. The number of carbonyl (C=O) groups is 1. The molecule has 0 fully saturated rings. The van der Waals surface area contributed by atoms with Gasteiger partial charge in [-0.15, -0.1) is 0 Å². The van der Waals surface area contributed by atoms with E-state index < -0.39 is 0 Å². The maximum Gasteiger partial charge on any atom is 0.258 e. The monoisotopic (exact) mass is 266 g/mol. The molecule has 2 heterocycles. The number of nitrogens with one attached hydrogen (secondary N) is 1. The molecule has 1 aliphatic rings. The summed E-state index contributed by atoms with van der Waals surface area (Å²) in [7, 11) is 1.82. The molecular formula is C17H18N2O. The summed E-state index contributed by atoms with van der Waals surface area (Å²) in [5.41, 5.74) is 6.14. The molecule has 20 heavy (non-hydrogen) atoms. The number of likely N-dealkylation sites (N-methyl/N-ethyl adjacent to an activating group) is 1. The number of carbonyl (C=O) groups excluding carboxylic acids is 1. The minimum atomic E-state index is 0.0539. The zero-order valence-corrected chi connectivity index (χ0v) is 12.0. The predicted octanol–water partition coefficient (Wildman–Crippen LogP) is 3.40. The fourth-order valence-corrected chi connectivity index (χ4v) is 2.67. The average molecular weight is 266 g/mol. The number of para-hydroxylation sites is 1. The topological polar surface area (TPSA) is 36.1 Å². The molecule has 0 aliphatic carbocycles. The van der Waals surface area contributed by atoms with Gasteiger partial charge in [-0.1, -0.05) is 25.1 Å². The van der Waals surface area contributed by atoms with Crippen LogP contribution in [0.5, 0.6) is 0 Å². The normalized spacial score (nSPS) is 16.1. The molecule has 0 bridgehead atoms. The summed E-state index contributed by atoms with van der Waals surface area (Å²) in [5.74, 6) is 0.0539. The van der Waals surface area contributed by atoms with Crippen LogP contribution >= 0.6 is 0 Å². The van der Waals surface area contributed by atoms with Crippen molar-refractivity contribution in [3.8, 4) is 0 Å². The van der Waals surface area contributed by atoms with Gasteiger partial charge in [0.25, 0.3) is 5.91 Å². The number of aryl methyl sites for hydroxylation is 2. The van der Waals surface area contributed by atoms with Gasteiger partial charge in [0.1, 0.15) is 0 Å². The van der Waals surface area contributed by atoms with Gasteiger partial charge >= 0.3 is 0 Å². The molecule has 1 aromatic heterocycles. The molecule has 3 nitrogen and oxygen atoms in total. The minimum absolute atomic E-state index is 0.0539. The van der Waals surface area contributed by atoms with E-state index in [2.05, 4.69) is 24.9 Å². The molecule has 102 valence electrons. The molecular weight excluding hydrogens is 248 g/mol. The average Bonchev–Trinajstić information content (AvgIpc) is 2.93. The van der Waals surface area contributed by atoms with E-state index in [0.29, 0.717) is 0 Å². The Kier molecular flexibility index (Phi) is 2.97. The van der Waals surface area contributed by atoms with Crippen LogP contribution in [0, 0.1) is 6.92 Å². The van der Waals surface area contributed by atoms with Crippen LogP contribution in [0.3, 0.4) is 0 Å². The van der Waals surface area contributed by atoms with E-state index in [9.17, 15) is 4.79 Å². The number of amides is 1. The lowest BCUT2D eigenvalue weighted by molar-refractivity contribution is -0.112. The molecule has 0 atom stereocenters. The second-order valence-corrected chi connectivity index (χ2v) is 5.18. The number of aromatic amines is 1. The molecule has 0 saturated carbocycles. The van der Waals surface area contributed by atoms with E-state index in [1.54, 1.807) is 4.90 Å². The van der Waals surface area contributed by atoms with Crippen molar-refractivity contribution < 1.29 is 4.79 Å². The van der Waals surface area contributed by atoms with Gasteiger partial charge in [-0.3, -0.25) is 4.79 Å².